The van der Waals surface area contributed by atoms with Gasteiger partial charge in [-0.25, -0.2) is 0 Å². The van der Waals surface area contributed by atoms with Crippen molar-refractivity contribution in [1.82, 2.24) is 9.78 Å². The zero-order valence-corrected chi connectivity index (χ0v) is 14.9. The molecule has 4 aromatic rings. The van der Waals surface area contributed by atoms with Gasteiger partial charge in [0.15, 0.2) is 0 Å². The van der Waals surface area contributed by atoms with Crippen LogP contribution >= 0.6 is 0 Å². The van der Waals surface area contributed by atoms with Crippen molar-refractivity contribution in [3.63, 3.8) is 0 Å². The van der Waals surface area contributed by atoms with E-state index in [2.05, 4.69) is 10.4 Å². The summed E-state index contributed by atoms with van der Waals surface area (Å²) in [5.41, 5.74) is 3.73. The largest absolute Gasteiger partial charge is 0.496 e. The number of benzene rings is 3. The maximum atomic E-state index is 12.4. The van der Waals surface area contributed by atoms with E-state index in [1.807, 2.05) is 72.8 Å². The van der Waals surface area contributed by atoms with Gasteiger partial charge in [-0.05, 0) is 29.8 Å². The van der Waals surface area contributed by atoms with E-state index < -0.39 is 0 Å². The van der Waals surface area contributed by atoms with Crippen molar-refractivity contribution in [2.45, 2.75) is 6.54 Å². The molecule has 5 heteroatoms. The highest BCUT2D eigenvalue weighted by Gasteiger charge is 2.09. The molecule has 1 amide bonds. The maximum absolute atomic E-state index is 12.4. The third-order valence-electron chi connectivity index (χ3n) is 4.43. The van der Waals surface area contributed by atoms with E-state index in [-0.39, 0.29) is 12.5 Å². The van der Waals surface area contributed by atoms with Crippen molar-refractivity contribution in [3.05, 3.63) is 79.0 Å². The van der Waals surface area contributed by atoms with Gasteiger partial charge in [0, 0.05) is 16.6 Å². The second-order valence-electron chi connectivity index (χ2n) is 6.19. The summed E-state index contributed by atoms with van der Waals surface area (Å²) in [5.74, 6) is 0.703. The Labute approximate surface area is 157 Å². The molecule has 1 aromatic heterocycles. The molecule has 5 nitrogen and oxygen atoms in total. The third-order valence-corrected chi connectivity index (χ3v) is 4.43. The van der Waals surface area contributed by atoms with Gasteiger partial charge in [0.05, 0.1) is 18.8 Å². The molecule has 0 aliphatic heterocycles. The third kappa shape index (κ3) is 3.53. The van der Waals surface area contributed by atoms with Crippen LogP contribution in [0.25, 0.3) is 22.0 Å². The molecule has 0 atom stereocenters. The topological polar surface area (TPSA) is 56.1 Å². The van der Waals surface area contributed by atoms with Crippen molar-refractivity contribution in [1.29, 1.82) is 0 Å². The number of carbonyl (C=O) groups is 1. The molecule has 0 radical (unpaired) electrons. The first kappa shape index (κ1) is 16.8. The van der Waals surface area contributed by atoms with Gasteiger partial charge in [0.2, 0.25) is 5.91 Å². The summed E-state index contributed by atoms with van der Waals surface area (Å²) in [6.07, 6.45) is 1.77. The fourth-order valence-corrected chi connectivity index (χ4v) is 3.10. The Morgan fingerprint density at radius 1 is 1.00 bits per heavy atom. The summed E-state index contributed by atoms with van der Waals surface area (Å²) in [4.78, 5) is 12.4. The Kier molecular flexibility index (Phi) is 4.58. The van der Waals surface area contributed by atoms with E-state index in [0.717, 1.165) is 33.5 Å². The van der Waals surface area contributed by atoms with Crippen LogP contribution in [-0.2, 0) is 11.3 Å². The van der Waals surface area contributed by atoms with Crippen molar-refractivity contribution in [3.8, 4) is 16.9 Å². The Morgan fingerprint density at radius 3 is 2.56 bits per heavy atom. The van der Waals surface area contributed by atoms with Gasteiger partial charge in [-0.2, -0.15) is 5.10 Å². The first-order valence-electron chi connectivity index (χ1n) is 8.68. The summed E-state index contributed by atoms with van der Waals surface area (Å²) in [6, 6.07) is 23.4. The Balaban J connectivity index is 1.47. The summed E-state index contributed by atoms with van der Waals surface area (Å²) >= 11 is 0. The molecule has 1 heterocycles. The summed E-state index contributed by atoms with van der Waals surface area (Å²) in [7, 11) is 1.66. The normalized spacial score (nSPS) is 10.7. The van der Waals surface area contributed by atoms with Gasteiger partial charge in [-0.15, -0.1) is 0 Å². The lowest BCUT2D eigenvalue weighted by Crippen LogP contribution is -2.19. The van der Waals surface area contributed by atoms with Crippen LogP contribution in [0.3, 0.4) is 0 Å². The standard InChI is InChI=1S/C22H19N3O2/c1-27-21-9-5-3-7-19(21)16-10-12-18(13-11-16)24-22(26)15-25-20-8-4-2-6-17(20)14-23-25/h2-14H,15H2,1H3,(H,24,26). The van der Waals surface area contributed by atoms with E-state index in [1.54, 1.807) is 18.0 Å². The average Bonchev–Trinajstić information content (AvgIpc) is 3.11. The van der Waals surface area contributed by atoms with Crippen molar-refractivity contribution in [2.75, 3.05) is 12.4 Å². The Hall–Kier alpha value is -3.60. The molecule has 0 saturated carbocycles. The van der Waals surface area contributed by atoms with E-state index in [0.29, 0.717) is 0 Å². The number of nitrogens with one attached hydrogen (secondary N) is 1. The molecule has 134 valence electrons. The number of aromatic nitrogens is 2. The number of hydrogen-bond donors (Lipinski definition) is 1. The van der Waals surface area contributed by atoms with Crippen LogP contribution in [0.2, 0.25) is 0 Å². The molecule has 0 bridgehead atoms. The number of methoxy groups -OCH3 is 1. The van der Waals surface area contributed by atoms with Crippen LogP contribution in [0.4, 0.5) is 5.69 Å². The highest BCUT2D eigenvalue weighted by molar-refractivity contribution is 5.92. The van der Waals surface area contributed by atoms with Gasteiger partial charge in [-0.3, -0.25) is 9.48 Å². The number of rotatable bonds is 5. The molecule has 0 aliphatic rings. The van der Waals surface area contributed by atoms with Gasteiger partial charge in [0.1, 0.15) is 12.3 Å². The molecule has 0 fully saturated rings. The summed E-state index contributed by atoms with van der Waals surface area (Å²) < 4.78 is 7.11. The van der Waals surface area contributed by atoms with Crippen LogP contribution < -0.4 is 10.1 Å². The summed E-state index contributed by atoms with van der Waals surface area (Å²) in [5, 5.41) is 8.23. The van der Waals surface area contributed by atoms with Crippen molar-refractivity contribution in [2.24, 2.45) is 0 Å². The van der Waals surface area contributed by atoms with Gasteiger partial charge >= 0.3 is 0 Å². The Bertz CT molecular complexity index is 1080. The van der Waals surface area contributed by atoms with E-state index >= 15 is 0 Å². The predicted octanol–water partition coefficient (Wildman–Crippen LogP) is 4.35. The lowest BCUT2D eigenvalue weighted by atomic mass is 10.0. The quantitative estimate of drug-likeness (QED) is 0.578. The lowest BCUT2D eigenvalue weighted by Gasteiger charge is -2.10. The minimum absolute atomic E-state index is 0.117. The smallest absolute Gasteiger partial charge is 0.246 e. The number of hydrogen-bond acceptors (Lipinski definition) is 3. The van der Waals surface area contributed by atoms with Gasteiger partial charge in [-0.1, -0.05) is 48.5 Å². The van der Waals surface area contributed by atoms with E-state index in [9.17, 15) is 4.79 Å². The molecule has 3 aromatic carbocycles. The molecule has 0 spiro atoms. The number of nitrogens with zero attached hydrogens (tertiary/aromatic N) is 2. The van der Waals surface area contributed by atoms with Crippen LogP contribution in [0.1, 0.15) is 0 Å². The molecule has 4 rings (SSSR count). The van der Waals surface area contributed by atoms with Crippen LogP contribution in [0, 0.1) is 0 Å². The Morgan fingerprint density at radius 2 is 1.74 bits per heavy atom. The number of anilines is 1. The molecule has 1 N–H and O–H groups in total. The van der Waals surface area contributed by atoms with Crippen LogP contribution in [0.15, 0.2) is 79.0 Å². The van der Waals surface area contributed by atoms with Gasteiger partial charge in [0.25, 0.3) is 0 Å². The monoisotopic (exact) mass is 357 g/mol. The van der Waals surface area contributed by atoms with Crippen LogP contribution in [-0.4, -0.2) is 22.8 Å². The second-order valence-corrected chi connectivity index (χ2v) is 6.19. The number of para-hydroxylation sites is 2. The van der Waals surface area contributed by atoms with Crippen molar-refractivity contribution >= 4 is 22.5 Å². The zero-order valence-electron chi connectivity index (χ0n) is 14.9. The maximum Gasteiger partial charge on any atom is 0.246 e. The SMILES string of the molecule is COc1ccccc1-c1ccc(NC(=O)Cn2ncc3ccccc32)cc1. The van der Waals surface area contributed by atoms with Crippen molar-refractivity contribution < 1.29 is 9.53 Å². The molecule has 0 unspecified atom stereocenters. The highest BCUT2D eigenvalue weighted by Crippen LogP contribution is 2.30. The predicted molar refractivity (Wildman–Crippen MR) is 107 cm³/mol. The minimum atomic E-state index is -0.117. The molecular weight excluding hydrogens is 338 g/mol. The van der Waals surface area contributed by atoms with Crippen LogP contribution in [0.5, 0.6) is 5.75 Å². The minimum Gasteiger partial charge on any atom is -0.496 e. The zero-order chi connectivity index (χ0) is 18.6. The second kappa shape index (κ2) is 7.33. The number of ether oxygens (including phenoxy) is 1. The fourth-order valence-electron chi connectivity index (χ4n) is 3.10. The number of amides is 1. The summed E-state index contributed by atoms with van der Waals surface area (Å²) in [6.45, 7) is 0.168. The van der Waals surface area contributed by atoms with Gasteiger partial charge < -0.3 is 10.1 Å². The molecular formula is C22H19N3O2. The number of fused-ring (bicyclic) bond motifs is 1. The first-order chi connectivity index (χ1) is 13.2. The van der Waals surface area contributed by atoms with E-state index in [1.165, 1.54) is 0 Å². The van der Waals surface area contributed by atoms with E-state index in [4.69, 9.17) is 4.74 Å². The molecule has 27 heavy (non-hydrogen) atoms. The molecule has 0 saturated heterocycles. The number of carbonyl (C=O) groups excluding carboxylic acids is 1. The first-order valence-corrected chi connectivity index (χ1v) is 8.68. The average molecular weight is 357 g/mol. The fraction of sp³-hybridized carbons (Fsp3) is 0.0909. The highest BCUT2D eigenvalue weighted by atomic mass is 16.5. The lowest BCUT2D eigenvalue weighted by molar-refractivity contribution is -0.116. The molecule has 0 aliphatic carbocycles.